The van der Waals surface area contributed by atoms with Crippen molar-refractivity contribution in [2.75, 3.05) is 31.2 Å². The van der Waals surface area contributed by atoms with Crippen molar-refractivity contribution >= 4 is 16.5 Å². The maximum absolute atomic E-state index is 5.34. The summed E-state index contributed by atoms with van der Waals surface area (Å²) in [6.45, 7) is 11.0. The van der Waals surface area contributed by atoms with Gasteiger partial charge in [-0.15, -0.1) is 11.3 Å². The standard InChI is InChI=1S/C12H21N3OS/c1-12(2,3)14-9-10-8-13-11(17-10)15-4-6-16-7-5-15/h8,14H,4-7,9H2,1-3H3. The topological polar surface area (TPSA) is 37.4 Å². The number of ether oxygens (including phenoxy) is 1. The third-order valence-electron chi connectivity index (χ3n) is 2.62. The fourth-order valence-corrected chi connectivity index (χ4v) is 2.53. The van der Waals surface area contributed by atoms with Crippen molar-refractivity contribution in [3.05, 3.63) is 11.1 Å². The van der Waals surface area contributed by atoms with Crippen molar-refractivity contribution in [2.45, 2.75) is 32.9 Å². The summed E-state index contributed by atoms with van der Waals surface area (Å²) < 4.78 is 5.34. The molecule has 2 heterocycles. The van der Waals surface area contributed by atoms with E-state index in [-0.39, 0.29) is 5.54 Å². The van der Waals surface area contributed by atoms with Gasteiger partial charge in [0.1, 0.15) is 0 Å². The number of rotatable bonds is 3. The van der Waals surface area contributed by atoms with Crippen LogP contribution in [0.3, 0.4) is 0 Å². The largest absolute Gasteiger partial charge is 0.378 e. The van der Waals surface area contributed by atoms with Crippen LogP contribution in [0.2, 0.25) is 0 Å². The summed E-state index contributed by atoms with van der Waals surface area (Å²) in [5, 5.41) is 4.61. The van der Waals surface area contributed by atoms with E-state index in [2.05, 4.69) is 36.0 Å². The molecule has 1 saturated heterocycles. The first-order chi connectivity index (χ1) is 8.04. The third kappa shape index (κ3) is 3.94. The van der Waals surface area contributed by atoms with Gasteiger partial charge in [0.05, 0.1) is 13.2 Å². The van der Waals surface area contributed by atoms with Crippen molar-refractivity contribution in [1.82, 2.24) is 10.3 Å². The molecule has 1 aliphatic heterocycles. The summed E-state index contributed by atoms with van der Waals surface area (Å²) in [4.78, 5) is 8.08. The van der Waals surface area contributed by atoms with Gasteiger partial charge in [0.25, 0.3) is 0 Å². The van der Waals surface area contributed by atoms with Gasteiger partial charge in [-0.3, -0.25) is 0 Å². The lowest BCUT2D eigenvalue weighted by atomic mass is 10.1. The minimum Gasteiger partial charge on any atom is -0.378 e. The van der Waals surface area contributed by atoms with Gasteiger partial charge in [-0.1, -0.05) is 0 Å². The molecular formula is C12H21N3OS. The predicted octanol–water partition coefficient (Wildman–Crippen LogP) is 1.87. The fraction of sp³-hybridized carbons (Fsp3) is 0.750. The first-order valence-corrected chi connectivity index (χ1v) is 6.89. The van der Waals surface area contributed by atoms with Crippen LogP contribution in [-0.2, 0) is 11.3 Å². The molecule has 2 rings (SSSR count). The highest BCUT2D eigenvalue weighted by atomic mass is 32.1. The summed E-state index contributed by atoms with van der Waals surface area (Å²) in [6, 6.07) is 0. The molecule has 1 aliphatic rings. The molecule has 0 bridgehead atoms. The number of hydrogen-bond acceptors (Lipinski definition) is 5. The molecule has 0 radical (unpaired) electrons. The second-order valence-electron chi connectivity index (χ2n) is 5.31. The van der Waals surface area contributed by atoms with Crippen molar-refractivity contribution in [3.63, 3.8) is 0 Å². The minimum absolute atomic E-state index is 0.156. The van der Waals surface area contributed by atoms with Crippen molar-refractivity contribution in [3.8, 4) is 0 Å². The molecule has 0 atom stereocenters. The SMILES string of the molecule is CC(C)(C)NCc1cnc(N2CCOCC2)s1. The normalized spacial score (nSPS) is 17.5. The van der Waals surface area contributed by atoms with E-state index < -0.39 is 0 Å². The smallest absolute Gasteiger partial charge is 0.185 e. The van der Waals surface area contributed by atoms with E-state index in [4.69, 9.17) is 4.74 Å². The molecule has 17 heavy (non-hydrogen) atoms. The molecule has 0 amide bonds. The Kier molecular flexibility index (Phi) is 4.01. The Morgan fingerprint density at radius 3 is 2.76 bits per heavy atom. The molecule has 0 spiro atoms. The second-order valence-corrected chi connectivity index (χ2v) is 6.41. The molecule has 96 valence electrons. The Labute approximate surface area is 107 Å². The third-order valence-corrected chi connectivity index (χ3v) is 3.67. The number of anilines is 1. The van der Waals surface area contributed by atoms with Crippen LogP contribution < -0.4 is 10.2 Å². The first kappa shape index (κ1) is 12.8. The average Bonchev–Trinajstić information content (AvgIpc) is 2.75. The summed E-state index contributed by atoms with van der Waals surface area (Å²) in [6.07, 6.45) is 1.98. The van der Waals surface area contributed by atoms with E-state index in [1.165, 1.54) is 4.88 Å². The van der Waals surface area contributed by atoms with E-state index in [1.807, 2.05) is 6.20 Å². The molecule has 4 nitrogen and oxygen atoms in total. The minimum atomic E-state index is 0.156. The zero-order valence-corrected chi connectivity index (χ0v) is 11.6. The van der Waals surface area contributed by atoms with Gasteiger partial charge in [-0.25, -0.2) is 4.98 Å². The van der Waals surface area contributed by atoms with Crippen LogP contribution in [-0.4, -0.2) is 36.8 Å². The Bertz CT molecular complexity index is 353. The maximum atomic E-state index is 5.34. The summed E-state index contributed by atoms with van der Waals surface area (Å²) in [7, 11) is 0. The van der Waals surface area contributed by atoms with Crippen LogP contribution in [0.1, 0.15) is 25.6 Å². The van der Waals surface area contributed by atoms with Gasteiger partial charge < -0.3 is 15.0 Å². The Balaban J connectivity index is 1.91. The number of nitrogens with one attached hydrogen (secondary N) is 1. The van der Waals surface area contributed by atoms with Gasteiger partial charge in [0.2, 0.25) is 0 Å². The van der Waals surface area contributed by atoms with Gasteiger partial charge >= 0.3 is 0 Å². The van der Waals surface area contributed by atoms with E-state index in [0.29, 0.717) is 0 Å². The Hall–Kier alpha value is -0.650. The lowest BCUT2D eigenvalue weighted by Crippen LogP contribution is -2.36. The van der Waals surface area contributed by atoms with Crippen LogP contribution in [0.25, 0.3) is 0 Å². The van der Waals surface area contributed by atoms with Crippen molar-refractivity contribution in [2.24, 2.45) is 0 Å². The van der Waals surface area contributed by atoms with Crippen LogP contribution in [0.4, 0.5) is 5.13 Å². The number of aromatic nitrogens is 1. The van der Waals surface area contributed by atoms with Crippen molar-refractivity contribution < 1.29 is 4.74 Å². The molecule has 1 aromatic heterocycles. The van der Waals surface area contributed by atoms with Crippen LogP contribution in [0, 0.1) is 0 Å². The molecule has 5 heteroatoms. The lowest BCUT2D eigenvalue weighted by Gasteiger charge is -2.26. The van der Waals surface area contributed by atoms with Crippen LogP contribution >= 0.6 is 11.3 Å². The molecule has 0 unspecified atom stereocenters. The van der Waals surface area contributed by atoms with Gasteiger partial charge in [0.15, 0.2) is 5.13 Å². The summed E-state index contributed by atoms with van der Waals surface area (Å²) in [5.74, 6) is 0. The predicted molar refractivity (Wildman–Crippen MR) is 71.7 cm³/mol. The maximum Gasteiger partial charge on any atom is 0.185 e. The monoisotopic (exact) mass is 255 g/mol. The molecule has 1 aromatic rings. The zero-order chi connectivity index (χ0) is 12.3. The second kappa shape index (κ2) is 5.33. The van der Waals surface area contributed by atoms with Gasteiger partial charge in [-0.2, -0.15) is 0 Å². The number of nitrogens with zero attached hydrogens (tertiary/aromatic N) is 2. The number of hydrogen-bond donors (Lipinski definition) is 1. The number of morpholine rings is 1. The highest BCUT2D eigenvalue weighted by Gasteiger charge is 2.15. The molecule has 1 fully saturated rings. The highest BCUT2D eigenvalue weighted by Crippen LogP contribution is 2.23. The quantitative estimate of drug-likeness (QED) is 0.894. The zero-order valence-electron chi connectivity index (χ0n) is 10.8. The van der Waals surface area contributed by atoms with E-state index in [9.17, 15) is 0 Å². The molecule has 1 N–H and O–H groups in total. The Morgan fingerprint density at radius 2 is 2.12 bits per heavy atom. The molecule has 0 aliphatic carbocycles. The summed E-state index contributed by atoms with van der Waals surface area (Å²) >= 11 is 1.78. The fourth-order valence-electron chi connectivity index (χ4n) is 1.63. The van der Waals surface area contributed by atoms with Crippen LogP contribution in [0.15, 0.2) is 6.20 Å². The van der Waals surface area contributed by atoms with Gasteiger partial charge in [0, 0.05) is 36.2 Å². The molecule has 0 saturated carbocycles. The van der Waals surface area contributed by atoms with Gasteiger partial charge in [-0.05, 0) is 20.8 Å². The highest BCUT2D eigenvalue weighted by molar-refractivity contribution is 7.15. The lowest BCUT2D eigenvalue weighted by molar-refractivity contribution is 0.122. The molecule has 0 aromatic carbocycles. The van der Waals surface area contributed by atoms with E-state index in [0.717, 1.165) is 38.0 Å². The van der Waals surface area contributed by atoms with Crippen molar-refractivity contribution in [1.29, 1.82) is 0 Å². The van der Waals surface area contributed by atoms with E-state index in [1.54, 1.807) is 11.3 Å². The molecular weight excluding hydrogens is 234 g/mol. The number of thiazole rings is 1. The Morgan fingerprint density at radius 1 is 1.41 bits per heavy atom. The van der Waals surface area contributed by atoms with Crippen LogP contribution in [0.5, 0.6) is 0 Å². The average molecular weight is 255 g/mol. The first-order valence-electron chi connectivity index (χ1n) is 6.07. The summed E-state index contributed by atoms with van der Waals surface area (Å²) in [5.41, 5.74) is 0.156. The van der Waals surface area contributed by atoms with E-state index >= 15 is 0 Å².